The third-order valence-corrected chi connectivity index (χ3v) is 9.98. The largest absolute Gasteiger partial charge is 0.460 e. The number of hydrogen-bond donors (Lipinski definition) is 8. The maximum Gasteiger partial charge on any atom is 0.408 e. The summed E-state index contributed by atoms with van der Waals surface area (Å²) in [5, 5.41) is 16.4. The van der Waals surface area contributed by atoms with Crippen molar-refractivity contribution in [3.8, 4) is 0 Å². The molecule has 0 aliphatic carbocycles. The number of nitrogens with one attached hydrogen (secondary N) is 7. The van der Waals surface area contributed by atoms with Crippen molar-refractivity contribution >= 4 is 58.4 Å². The van der Waals surface area contributed by atoms with Crippen LogP contribution in [0.3, 0.4) is 0 Å². The van der Waals surface area contributed by atoms with Crippen molar-refractivity contribution in [2.75, 3.05) is 6.54 Å². The number of carbonyl (C=O) groups is 8. The van der Waals surface area contributed by atoms with Crippen LogP contribution in [-0.2, 0) is 62.5 Å². The average molecular weight is 897 g/mol. The summed E-state index contributed by atoms with van der Waals surface area (Å²) in [5.41, 5.74) is 7.43. The van der Waals surface area contributed by atoms with Crippen molar-refractivity contribution in [3.63, 3.8) is 0 Å². The van der Waals surface area contributed by atoms with Crippen LogP contribution in [0.5, 0.6) is 0 Å². The predicted octanol–water partition coefficient (Wildman–Crippen LogP) is 2.59. The van der Waals surface area contributed by atoms with Gasteiger partial charge in [-0.15, -0.1) is 0 Å². The van der Waals surface area contributed by atoms with Crippen LogP contribution in [0.2, 0.25) is 0 Å². The molecule has 65 heavy (non-hydrogen) atoms. The lowest BCUT2D eigenvalue weighted by atomic mass is 10.0. The smallest absolute Gasteiger partial charge is 0.408 e. The number of rotatable bonds is 22. The molecule has 0 aliphatic heterocycles. The summed E-state index contributed by atoms with van der Waals surface area (Å²) < 4.78 is 10.6. The molecular formula is C47H60N8O10. The number of ether oxygens (including phenoxy) is 2. The zero-order valence-corrected chi connectivity index (χ0v) is 37.5. The van der Waals surface area contributed by atoms with Gasteiger partial charge in [-0.1, -0.05) is 92.7 Å². The number of aromatic amines is 1. The van der Waals surface area contributed by atoms with Gasteiger partial charge in [0.15, 0.2) is 0 Å². The molecule has 4 rings (SSSR count). The maximum atomic E-state index is 14.2. The minimum absolute atomic E-state index is 0.0161. The van der Waals surface area contributed by atoms with Crippen LogP contribution in [-0.4, -0.2) is 94.8 Å². The minimum Gasteiger partial charge on any atom is -0.460 e. The summed E-state index contributed by atoms with van der Waals surface area (Å²) in [7, 11) is 0. The van der Waals surface area contributed by atoms with Crippen molar-refractivity contribution in [1.29, 1.82) is 0 Å². The number of carbonyl (C=O) groups excluding carboxylic acids is 8. The number of H-pyrrole nitrogens is 1. The lowest BCUT2D eigenvalue weighted by Crippen LogP contribution is -2.59. The summed E-state index contributed by atoms with van der Waals surface area (Å²) in [6, 6.07) is 18.8. The highest BCUT2D eigenvalue weighted by atomic mass is 16.6. The summed E-state index contributed by atoms with van der Waals surface area (Å²) in [6.45, 7) is 9.35. The average Bonchev–Trinajstić information content (AvgIpc) is 3.66. The first-order valence-electron chi connectivity index (χ1n) is 21.3. The van der Waals surface area contributed by atoms with E-state index in [9.17, 15) is 38.4 Å². The Balaban J connectivity index is 1.51. The van der Waals surface area contributed by atoms with E-state index in [4.69, 9.17) is 15.2 Å². The van der Waals surface area contributed by atoms with Gasteiger partial charge in [0.25, 0.3) is 0 Å². The van der Waals surface area contributed by atoms with E-state index in [-0.39, 0.29) is 32.3 Å². The number of benzene rings is 3. The molecule has 18 nitrogen and oxygen atoms in total. The highest BCUT2D eigenvalue weighted by Gasteiger charge is 2.33. The molecule has 7 amide bonds. The third-order valence-electron chi connectivity index (χ3n) is 9.98. The second kappa shape index (κ2) is 24.0. The fourth-order valence-electron chi connectivity index (χ4n) is 6.59. The van der Waals surface area contributed by atoms with Gasteiger partial charge < -0.3 is 52.1 Å². The molecule has 0 saturated heterocycles. The molecule has 0 aliphatic rings. The molecule has 4 aromatic rings. The van der Waals surface area contributed by atoms with Gasteiger partial charge in [-0.3, -0.25) is 33.6 Å². The Kier molecular flexibility index (Phi) is 18.6. The van der Waals surface area contributed by atoms with E-state index in [1.807, 2.05) is 24.3 Å². The van der Waals surface area contributed by atoms with Crippen molar-refractivity contribution in [3.05, 3.63) is 108 Å². The quantitative estimate of drug-likeness (QED) is 0.0535. The van der Waals surface area contributed by atoms with Crippen LogP contribution in [0.15, 0.2) is 91.1 Å². The molecule has 0 fully saturated rings. The van der Waals surface area contributed by atoms with Gasteiger partial charge in [-0.05, 0) is 62.8 Å². The normalized spacial score (nSPS) is 13.5. The molecule has 1 aromatic heterocycles. The van der Waals surface area contributed by atoms with Crippen LogP contribution in [0.25, 0.3) is 10.9 Å². The Morgan fingerprint density at radius 3 is 1.85 bits per heavy atom. The second-order valence-electron chi connectivity index (χ2n) is 16.9. The Bertz CT molecular complexity index is 2280. The van der Waals surface area contributed by atoms with Crippen molar-refractivity contribution in [2.45, 2.75) is 110 Å². The molecule has 0 bridgehead atoms. The Morgan fingerprint density at radius 2 is 1.22 bits per heavy atom. The van der Waals surface area contributed by atoms with E-state index in [0.29, 0.717) is 11.1 Å². The predicted molar refractivity (Wildman–Crippen MR) is 241 cm³/mol. The van der Waals surface area contributed by atoms with Crippen LogP contribution < -0.4 is 37.6 Å². The van der Waals surface area contributed by atoms with Crippen LogP contribution in [0, 0.1) is 5.92 Å². The molecule has 3 aromatic carbocycles. The number of primary amides is 1. The summed E-state index contributed by atoms with van der Waals surface area (Å²) in [5.74, 6) is -5.67. The van der Waals surface area contributed by atoms with E-state index in [2.05, 4.69) is 36.9 Å². The molecule has 0 spiro atoms. The van der Waals surface area contributed by atoms with E-state index >= 15 is 0 Å². The minimum atomic E-state index is -1.42. The molecule has 5 atom stereocenters. The Morgan fingerprint density at radius 1 is 0.646 bits per heavy atom. The van der Waals surface area contributed by atoms with Gasteiger partial charge in [-0.25, -0.2) is 4.79 Å². The number of nitrogens with two attached hydrogens (primary N) is 1. The van der Waals surface area contributed by atoms with Crippen molar-refractivity contribution in [2.24, 2.45) is 11.7 Å². The maximum absolute atomic E-state index is 14.2. The number of fused-ring (bicyclic) bond motifs is 1. The van der Waals surface area contributed by atoms with Gasteiger partial charge in [0.05, 0.1) is 0 Å². The fourth-order valence-corrected chi connectivity index (χ4v) is 6.59. The number of amides is 7. The molecule has 18 heteroatoms. The number of aromatic nitrogens is 1. The van der Waals surface area contributed by atoms with Gasteiger partial charge in [0.2, 0.25) is 35.4 Å². The Labute approximate surface area is 377 Å². The van der Waals surface area contributed by atoms with Gasteiger partial charge >= 0.3 is 12.1 Å². The highest BCUT2D eigenvalue weighted by Crippen LogP contribution is 2.20. The monoisotopic (exact) mass is 896 g/mol. The molecule has 0 saturated carbocycles. The zero-order chi connectivity index (χ0) is 47.7. The Hall–Kier alpha value is -7.24. The van der Waals surface area contributed by atoms with E-state index in [1.54, 1.807) is 101 Å². The van der Waals surface area contributed by atoms with Gasteiger partial charge in [0.1, 0.15) is 49.0 Å². The number of para-hydroxylation sites is 1. The summed E-state index contributed by atoms with van der Waals surface area (Å²) in [4.78, 5) is 109. The first kappa shape index (κ1) is 50.4. The lowest BCUT2D eigenvalue weighted by molar-refractivity contribution is -0.145. The standard InChI is InChI=1S/C47H60N8O10/c1-28(2)40(45(62)50-26-39(57)64-27-31-17-11-8-12-18-31)55-41(58)29(3)51-43(60)37(24-32-25-49-34-20-14-13-19-33(32)34)53-42(59)35(21-22-38(48)56)52-44(61)36(23-30-15-9-7-10-16-30)54-46(63)65-47(4,5)6/h7-20,25,28-29,35-37,40,49H,21-24,26-27H2,1-6H3,(H2,48,56)(H,50,62)(H,51,60)(H,52,61)(H,53,59)(H,54,63)(H,55,58)/t29-,35-,36+,37-,40-/m0/s1. The van der Waals surface area contributed by atoms with E-state index in [1.165, 1.54) is 6.92 Å². The van der Waals surface area contributed by atoms with Crippen LogP contribution in [0.1, 0.15) is 71.1 Å². The number of alkyl carbamates (subject to hydrolysis) is 1. The second-order valence-corrected chi connectivity index (χ2v) is 16.9. The van der Waals surface area contributed by atoms with E-state index in [0.717, 1.165) is 16.5 Å². The number of hydrogen-bond acceptors (Lipinski definition) is 10. The SMILES string of the molecule is CC(C)[C@H](NC(=O)[C@H](C)NC(=O)[C@H](Cc1c[nH]c2ccccc12)NC(=O)[C@H](CCC(N)=O)NC(=O)[C@@H](Cc1ccccc1)NC(=O)OC(C)(C)C)C(=O)NCC(=O)OCc1ccccc1. The summed E-state index contributed by atoms with van der Waals surface area (Å²) in [6.07, 6.45) is 0.153. The van der Waals surface area contributed by atoms with Crippen molar-refractivity contribution < 1.29 is 47.8 Å². The van der Waals surface area contributed by atoms with E-state index < -0.39 is 95.8 Å². The molecular weight excluding hydrogens is 837 g/mol. The lowest BCUT2D eigenvalue weighted by Gasteiger charge is -2.27. The first-order valence-corrected chi connectivity index (χ1v) is 21.3. The molecule has 1 heterocycles. The van der Waals surface area contributed by atoms with Crippen LogP contribution in [0.4, 0.5) is 4.79 Å². The summed E-state index contributed by atoms with van der Waals surface area (Å²) >= 11 is 0. The molecule has 348 valence electrons. The van der Waals surface area contributed by atoms with Gasteiger partial charge in [0, 0.05) is 36.4 Å². The number of esters is 1. The molecule has 0 unspecified atom stereocenters. The molecule has 9 N–H and O–H groups in total. The zero-order valence-electron chi connectivity index (χ0n) is 37.5. The third kappa shape index (κ3) is 16.8. The fraction of sp³-hybridized carbons (Fsp3) is 0.404. The first-order chi connectivity index (χ1) is 30.8. The van der Waals surface area contributed by atoms with Gasteiger partial charge in [-0.2, -0.15) is 0 Å². The molecule has 0 radical (unpaired) electrons. The topological polar surface area (TPSA) is 269 Å². The van der Waals surface area contributed by atoms with Crippen molar-refractivity contribution in [1.82, 2.24) is 36.9 Å². The van der Waals surface area contributed by atoms with Crippen LogP contribution >= 0.6 is 0 Å². The highest BCUT2D eigenvalue weighted by molar-refractivity contribution is 5.97.